The molecule has 1 aromatic carbocycles. The summed E-state index contributed by atoms with van der Waals surface area (Å²) in [6, 6.07) is 10.1. The van der Waals surface area contributed by atoms with Crippen molar-refractivity contribution in [2.75, 3.05) is 6.61 Å². The van der Waals surface area contributed by atoms with Crippen LogP contribution in [0, 0.1) is 5.92 Å². The van der Waals surface area contributed by atoms with Crippen molar-refractivity contribution in [1.29, 1.82) is 0 Å². The van der Waals surface area contributed by atoms with E-state index < -0.39 is 0 Å². The zero-order valence-corrected chi connectivity index (χ0v) is 12.1. The molecule has 1 saturated carbocycles. The van der Waals surface area contributed by atoms with Crippen LogP contribution in [0.1, 0.15) is 44.1 Å². The normalized spacial score (nSPS) is 16.6. The van der Waals surface area contributed by atoms with Crippen molar-refractivity contribution >= 4 is 5.78 Å². The number of carbonyl (C=O) groups excluding carboxylic acids is 1. The number of benzene rings is 1. The van der Waals surface area contributed by atoms with Gasteiger partial charge in [-0.3, -0.25) is 4.79 Å². The summed E-state index contributed by atoms with van der Waals surface area (Å²) in [6.07, 6.45) is 10.4. The van der Waals surface area contributed by atoms with Gasteiger partial charge in [-0.25, -0.2) is 0 Å². The van der Waals surface area contributed by atoms with Gasteiger partial charge in [-0.15, -0.1) is 0 Å². The van der Waals surface area contributed by atoms with Gasteiger partial charge in [-0.1, -0.05) is 55.7 Å². The van der Waals surface area contributed by atoms with Crippen molar-refractivity contribution in [2.45, 2.75) is 45.1 Å². The van der Waals surface area contributed by atoms with Crippen molar-refractivity contribution < 1.29 is 9.53 Å². The fourth-order valence-corrected chi connectivity index (χ4v) is 2.64. The highest BCUT2D eigenvalue weighted by Crippen LogP contribution is 2.24. The van der Waals surface area contributed by atoms with Gasteiger partial charge in [-0.05, 0) is 30.9 Å². The average Bonchev–Trinajstić information content (AvgIpc) is 2.52. The molecule has 0 atom stereocenters. The Morgan fingerprint density at radius 3 is 2.65 bits per heavy atom. The Hall–Kier alpha value is -1.41. The smallest absolute Gasteiger partial charge is 0.158 e. The van der Waals surface area contributed by atoms with Gasteiger partial charge in [0.15, 0.2) is 5.78 Å². The van der Waals surface area contributed by atoms with E-state index in [2.05, 4.69) is 12.1 Å². The molecule has 2 heteroatoms. The molecule has 2 nitrogen and oxygen atoms in total. The first-order valence-corrected chi connectivity index (χ1v) is 7.68. The molecule has 0 heterocycles. The van der Waals surface area contributed by atoms with E-state index in [-0.39, 0.29) is 5.92 Å². The summed E-state index contributed by atoms with van der Waals surface area (Å²) in [5, 5.41) is 0. The summed E-state index contributed by atoms with van der Waals surface area (Å²) in [6.45, 7) is 1.31. The number of rotatable bonds is 7. The second-order valence-corrected chi connectivity index (χ2v) is 5.47. The first kappa shape index (κ1) is 15.0. The summed E-state index contributed by atoms with van der Waals surface area (Å²) in [5.41, 5.74) is 1.19. The Bertz CT molecular complexity index is 416. The summed E-state index contributed by atoms with van der Waals surface area (Å²) in [7, 11) is 0. The zero-order valence-electron chi connectivity index (χ0n) is 12.1. The molecular formula is C18H24O2. The van der Waals surface area contributed by atoms with Gasteiger partial charge < -0.3 is 4.74 Å². The predicted molar refractivity (Wildman–Crippen MR) is 81.4 cm³/mol. The Morgan fingerprint density at radius 1 is 1.15 bits per heavy atom. The third-order valence-corrected chi connectivity index (χ3v) is 3.83. The molecule has 2 rings (SSSR count). The van der Waals surface area contributed by atoms with Crippen LogP contribution < -0.4 is 0 Å². The monoisotopic (exact) mass is 272 g/mol. The SMILES string of the molecule is O=C(/C=C/CCOCc1ccccc1)C1CCCCC1. The topological polar surface area (TPSA) is 26.3 Å². The molecule has 0 aromatic heterocycles. The molecule has 20 heavy (non-hydrogen) atoms. The standard InChI is InChI=1S/C18H24O2/c19-18(17-11-5-2-6-12-17)13-7-8-14-20-15-16-9-3-1-4-10-16/h1,3-4,7,9-10,13,17H,2,5-6,8,11-12,14-15H2/b13-7+. The molecule has 0 bridgehead atoms. The fraction of sp³-hybridized carbons (Fsp3) is 0.500. The molecular weight excluding hydrogens is 248 g/mol. The lowest BCUT2D eigenvalue weighted by atomic mass is 9.86. The predicted octanol–water partition coefficient (Wildman–Crippen LogP) is 4.30. The van der Waals surface area contributed by atoms with E-state index in [9.17, 15) is 4.79 Å². The number of ketones is 1. The van der Waals surface area contributed by atoms with Gasteiger partial charge in [-0.2, -0.15) is 0 Å². The molecule has 108 valence electrons. The van der Waals surface area contributed by atoms with E-state index in [1.165, 1.54) is 24.8 Å². The summed E-state index contributed by atoms with van der Waals surface area (Å²) in [5.74, 6) is 0.595. The van der Waals surface area contributed by atoms with Crippen LogP contribution in [0.5, 0.6) is 0 Å². The van der Waals surface area contributed by atoms with Gasteiger partial charge in [0.05, 0.1) is 13.2 Å². The Kier molecular flexibility index (Phi) is 6.52. The quantitative estimate of drug-likeness (QED) is 0.546. The number of allylic oxidation sites excluding steroid dienone is 1. The molecule has 1 fully saturated rings. The maximum absolute atomic E-state index is 11.9. The average molecular weight is 272 g/mol. The third-order valence-electron chi connectivity index (χ3n) is 3.83. The van der Waals surface area contributed by atoms with E-state index in [0.717, 1.165) is 19.3 Å². The Morgan fingerprint density at radius 2 is 1.90 bits per heavy atom. The summed E-state index contributed by atoms with van der Waals surface area (Å²) < 4.78 is 5.58. The van der Waals surface area contributed by atoms with Gasteiger partial charge in [0.2, 0.25) is 0 Å². The van der Waals surface area contributed by atoms with Crippen LogP contribution >= 0.6 is 0 Å². The van der Waals surface area contributed by atoms with Gasteiger partial charge in [0.25, 0.3) is 0 Å². The van der Waals surface area contributed by atoms with Crippen LogP contribution in [-0.2, 0) is 16.1 Å². The van der Waals surface area contributed by atoms with Crippen molar-refractivity contribution in [3.63, 3.8) is 0 Å². The van der Waals surface area contributed by atoms with Gasteiger partial charge in [0.1, 0.15) is 0 Å². The van der Waals surface area contributed by atoms with Crippen LogP contribution in [0.25, 0.3) is 0 Å². The Labute approximate surface area is 121 Å². The highest BCUT2D eigenvalue weighted by molar-refractivity contribution is 5.91. The fourth-order valence-electron chi connectivity index (χ4n) is 2.64. The van der Waals surface area contributed by atoms with E-state index >= 15 is 0 Å². The minimum Gasteiger partial charge on any atom is -0.376 e. The second-order valence-electron chi connectivity index (χ2n) is 5.47. The third kappa shape index (κ3) is 5.30. The molecule has 0 amide bonds. The maximum atomic E-state index is 11.9. The summed E-state index contributed by atoms with van der Waals surface area (Å²) >= 11 is 0. The zero-order chi connectivity index (χ0) is 14.0. The molecule has 0 unspecified atom stereocenters. The first-order valence-electron chi connectivity index (χ1n) is 7.68. The summed E-state index contributed by atoms with van der Waals surface area (Å²) in [4.78, 5) is 11.9. The van der Waals surface area contributed by atoms with E-state index in [1.54, 1.807) is 6.08 Å². The van der Waals surface area contributed by atoms with Crippen molar-refractivity contribution in [2.24, 2.45) is 5.92 Å². The van der Waals surface area contributed by atoms with Gasteiger partial charge in [0, 0.05) is 5.92 Å². The number of carbonyl (C=O) groups is 1. The van der Waals surface area contributed by atoms with Crippen molar-refractivity contribution in [3.8, 4) is 0 Å². The molecule has 0 radical (unpaired) electrons. The van der Waals surface area contributed by atoms with Crippen LogP contribution in [0.3, 0.4) is 0 Å². The minimum atomic E-state index is 0.283. The number of ether oxygens (including phenoxy) is 1. The van der Waals surface area contributed by atoms with E-state index in [0.29, 0.717) is 19.0 Å². The van der Waals surface area contributed by atoms with Crippen molar-refractivity contribution in [1.82, 2.24) is 0 Å². The lowest BCUT2D eigenvalue weighted by Gasteiger charge is -2.18. The lowest BCUT2D eigenvalue weighted by molar-refractivity contribution is -0.119. The van der Waals surface area contributed by atoms with Crippen LogP contribution in [-0.4, -0.2) is 12.4 Å². The molecule has 0 aliphatic heterocycles. The minimum absolute atomic E-state index is 0.283. The second kappa shape index (κ2) is 8.70. The maximum Gasteiger partial charge on any atom is 0.158 e. The van der Waals surface area contributed by atoms with Crippen LogP contribution in [0.15, 0.2) is 42.5 Å². The Balaban J connectivity index is 1.58. The molecule has 0 N–H and O–H groups in total. The van der Waals surface area contributed by atoms with Crippen molar-refractivity contribution in [3.05, 3.63) is 48.0 Å². The molecule has 0 spiro atoms. The lowest BCUT2D eigenvalue weighted by Crippen LogP contribution is -2.15. The molecule has 1 aliphatic carbocycles. The number of hydrogen-bond acceptors (Lipinski definition) is 2. The highest BCUT2D eigenvalue weighted by Gasteiger charge is 2.18. The molecule has 1 aromatic rings. The first-order chi connectivity index (χ1) is 9.86. The largest absolute Gasteiger partial charge is 0.376 e. The molecule has 1 aliphatic rings. The van der Waals surface area contributed by atoms with Crippen LogP contribution in [0.4, 0.5) is 0 Å². The van der Waals surface area contributed by atoms with E-state index in [4.69, 9.17) is 4.74 Å². The molecule has 0 saturated heterocycles. The number of hydrogen-bond donors (Lipinski definition) is 0. The van der Waals surface area contributed by atoms with Crippen LogP contribution in [0.2, 0.25) is 0 Å². The van der Waals surface area contributed by atoms with E-state index in [1.807, 2.05) is 24.3 Å². The highest BCUT2D eigenvalue weighted by atomic mass is 16.5. The van der Waals surface area contributed by atoms with Gasteiger partial charge >= 0.3 is 0 Å².